The van der Waals surface area contributed by atoms with Gasteiger partial charge in [0.25, 0.3) is 0 Å². The van der Waals surface area contributed by atoms with Gasteiger partial charge in [0.05, 0.1) is 11.2 Å². The molecule has 2 unspecified atom stereocenters. The van der Waals surface area contributed by atoms with Crippen molar-refractivity contribution in [3.05, 3.63) is 15.6 Å². The summed E-state index contributed by atoms with van der Waals surface area (Å²) < 4.78 is 0. The maximum absolute atomic E-state index is 6.77. The van der Waals surface area contributed by atoms with Crippen LogP contribution in [0.2, 0.25) is 0 Å². The molecule has 0 aromatic carbocycles. The molecule has 2 atom stereocenters. The number of aryl methyl sites for hydroxylation is 2. The highest BCUT2D eigenvalue weighted by Crippen LogP contribution is 2.43. The van der Waals surface area contributed by atoms with Gasteiger partial charge in [-0.3, -0.25) is 0 Å². The molecule has 1 aromatic heterocycles. The average Bonchev–Trinajstić information content (AvgIpc) is 2.61. The minimum Gasteiger partial charge on any atom is -0.319 e. The van der Waals surface area contributed by atoms with Crippen LogP contribution in [-0.4, -0.2) is 4.98 Å². The predicted octanol–water partition coefficient (Wildman–Crippen LogP) is 4.79. The lowest BCUT2D eigenvalue weighted by atomic mass is 9.76. The molecule has 2 N–H and O–H groups in total. The molecule has 0 radical (unpaired) electrons. The summed E-state index contributed by atoms with van der Waals surface area (Å²) in [7, 11) is 0. The first kappa shape index (κ1) is 16.0. The van der Waals surface area contributed by atoms with E-state index in [0.29, 0.717) is 5.41 Å². The normalized spacial score (nSPS) is 28.4. The van der Waals surface area contributed by atoms with E-state index < -0.39 is 0 Å². The second-order valence-corrected chi connectivity index (χ2v) is 8.73. The van der Waals surface area contributed by atoms with Gasteiger partial charge in [-0.2, -0.15) is 0 Å². The summed E-state index contributed by atoms with van der Waals surface area (Å²) in [4.78, 5) is 6.20. The van der Waals surface area contributed by atoms with E-state index in [2.05, 4.69) is 34.6 Å². The average molecular weight is 295 g/mol. The molecule has 1 fully saturated rings. The number of hydrogen-bond donors (Lipinski definition) is 1. The molecule has 1 aliphatic carbocycles. The first-order chi connectivity index (χ1) is 9.26. The fourth-order valence-electron chi connectivity index (χ4n) is 3.41. The number of hydrogen-bond acceptors (Lipinski definition) is 3. The van der Waals surface area contributed by atoms with E-state index in [-0.39, 0.29) is 5.54 Å². The Kier molecular flexibility index (Phi) is 4.60. The predicted molar refractivity (Wildman–Crippen MR) is 88.1 cm³/mol. The second-order valence-electron chi connectivity index (χ2n) is 7.53. The molecule has 0 bridgehead atoms. The highest BCUT2D eigenvalue weighted by molar-refractivity contribution is 7.11. The Labute approximate surface area is 128 Å². The first-order valence-corrected chi connectivity index (χ1v) is 8.83. The van der Waals surface area contributed by atoms with Crippen LogP contribution in [0, 0.1) is 18.3 Å². The molecule has 2 rings (SSSR count). The lowest BCUT2D eigenvalue weighted by molar-refractivity contribution is 0.211. The van der Waals surface area contributed by atoms with E-state index >= 15 is 0 Å². The molecule has 3 heteroatoms. The van der Waals surface area contributed by atoms with Gasteiger partial charge in [-0.15, -0.1) is 11.3 Å². The smallest absolute Gasteiger partial charge is 0.113 e. The molecule has 114 valence electrons. The largest absolute Gasteiger partial charge is 0.319 e. The topological polar surface area (TPSA) is 38.9 Å². The highest BCUT2D eigenvalue weighted by atomic mass is 32.1. The summed E-state index contributed by atoms with van der Waals surface area (Å²) in [5, 5.41) is 1.18. The molecule has 0 amide bonds. The molecule has 1 saturated carbocycles. The van der Waals surface area contributed by atoms with Gasteiger partial charge in [0, 0.05) is 4.88 Å². The molecule has 1 aliphatic rings. The third-order valence-electron chi connectivity index (χ3n) is 4.99. The maximum atomic E-state index is 6.77. The van der Waals surface area contributed by atoms with Gasteiger partial charge in [0.1, 0.15) is 5.01 Å². The molecule has 2 nitrogen and oxygen atoms in total. The van der Waals surface area contributed by atoms with Crippen LogP contribution in [-0.2, 0) is 12.0 Å². The van der Waals surface area contributed by atoms with Crippen molar-refractivity contribution in [2.24, 2.45) is 17.1 Å². The minimum absolute atomic E-state index is 0.178. The summed E-state index contributed by atoms with van der Waals surface area (Å²) in [6.07, 6.45) is 6.98. The third kappa shape index (κ3) is 3.25. The van der Waals surface area contributed by atoms with Crippen LogP contribution < -0.4 is 5.73 Å². The van der Waals surface area contributed by atoms with E-state index in [1.807, 2.05) is 11.3 Å². The number of nitrogens with zero attached hydrogens (tertiary/aromatic N) is 1. The molecule has 0 spiro atoms. The van der Waals surface area contributed by atoms with Crippen LogP contribution in [0.15, 0.2) is 0 Å². The van der Waals surface area contributed by atoms with E-state index in [0.717, 1.165) is 25.2 Å². The van der Waals surface area contributed by atoms with Gasteiger partial charge in [-0.25, -0.2) is 4.98 Å². The van der Waals surface area contributed by atoms with Crippen LogP contribution in [0.4, 0.5) is 0 Å². The monoisotopic (exact) mass is 294 g/mol. The van der Waals surface area contributed by atoms with E-state index in [1.165, 1.54) is 34.8 Å². The number of aromatic nitrogens is 1. The zero-order valence-electron chi connectivity index (χ0n) is 13.8. The van der Waals surface area contributed by atoms with Gasteiger partial charge in [-0.05, 0) is 50.4 Å². The van der Waals surface area contributed by atoms with E-state index in [9.17, 15) is 0 Å². The third-order valence-corrected chi connectivity index (χ3v) is 6.23. The number of thiazole rings is 1. The fraction of sp³-hybridized carbons (Fsp3) is 0.824. The molecular weight excluding hydrogens is 264 g/mol. The Balaban J connectivity index is 2.18. The second kappa shape index (κ2) is 5.76. The van der Waals surface area contributed by atoms with Crippen molar-refractivity contribution in [2.75, 3.05) is 0 Å². The highest BCUT2D eigenvalue weighted by Gasteiger charge is 2.36. The van der Waals surface area contributed by atoms with Crippen LogP contribution >= 0.6 is 11.3 Å². The standard InChI is InChI=1S/C17H30N2S/c1-6-14-12(2)20-15(19-14)17(18)10-7-8-13(9-11-17)16(3,4)5/h13H,6-11,18H2,1-5H3. The lowest BCUT2D eigenvalue weighted by Gasteiger charge is -2.30. The Morgan fingerprint density at radius 1 is 1.30 bits per heavy atom. The Morgan fingerprint density at radius 2 is 2.00 bits per heavy atom. The van der Waals surface area contributed by atoms with Crippen molar-refractivity contribution in [1.82, 2.24) is 4.98 Å². The SMILES string of the molecule is CCc1nc(C2(N)CCCC(C(C)(C)C)CC2)sc1C. The zero-order valence-corrected chi connectivity index (χ0v) is 14.6. The summed E-state index contributed by atoms with van der Waals surface area (Å²) in [5.41, 5.74) is 8.24. The summed E-state index contributed by atoms with van der Waals surface area (Å²) >= 11 is 1.83. The van der Waals surface area contributed by atoms with Gasteiger partial charge in [0.2, 0.25) is 0 Å². The summed E-state index contributed by atoms with van der Waals surface area (Å²) in [6.45, 7) is 11.5. The van der Waals surface area contributed by atoms with Crippen LogP contribution in [0.5, 0.6) is 0 Å². The Hall–Kier alpha value is -0.410. The van der Waals surface area contributed by atoms with Crippen molar-refractivity contribution in [1.29, 1.82) is 0 Å². The van der Waals surface area contributed by atoms with Crippen molar-refractivity contribution in [3.63, 3.8) is 0 Å². The molecule has 1 heterocycles. The fourth-order valence-corrected chi connectivity index (χ4v) is 4.57. The van der Waals surface area contributed by atoms with E-state index in [1.54, 1.807) is 0 Å². The molecule has 20 heavy (non-hydrogen) atoms. The zero-order chi connectivity index (χ0) is 15.0. The van der Waals surface area contributed by atoms with Gasteiger partial charge in [-0.1, -0.05) is 34.1 Å². The van der Waals surface area contributed by atoms with Gasteiger partial charge < -0.3 is 5.73 Å². The Morgan fingerprint density at radius 3 is 2.55 bits per heavy atom. The number of rotatable bonds is 2. The lowest BCUT2D eigenvalue weighted by Crippen LogP contribution is -2.36. The molecule has 0 saturated heterocycles. The minimum atomic E-state index is -0.178. The van der Waals surface area contributed by atoms with E-state index in [4.69, 9.17) is 10.7 Å². The molecule has 1 aromatic rings. The van der Waals surface area contributed by atoms with Crippen molar-refractivity contribution in [2.45, 2.75) is 78.7 Å². The molecule has 0 aliphatic heterocycles. The van der Waals surface area contributed by atoms with Crippen LogP contribution in [0.3, 0.4) is 0 Å². The van der Waals surface area contributed by atoms with Crippen LogP contribution in [0.1, 0.15) is 75.4 Å². The molecular formula is C17H30N2S. The van der Waals surface area contributed by atoms with Crippen molar-refractivity contribution in [3.8, 4) is 0 Å². The van der Waals surface area contributed by atoms with Crippen molar-refractivity contribution >= 4 is 11.3 Å². The van der Waals surface area contributed by atoms with Crippen LogP contribution in [0.25, 0.3) is 0 Å². The maximum Gasteiger partial charge on any atom is 0.113 e. The van der Waals surface area contributed by atoms with Gasteiger partial charge >= 0.3 is 0 Å². The first-order valence-electron chi connectivity index (χ1n) is 8.02. The van der Waals surface area contributed by atoms with Crippen molar-refractivity contribution < 1.29 is 0 Å². The van der Waals surface area contributed by atoms with Gasteiger partial charge in [0.15, 0.2) is 0 Å². The quantitative estimate of drug-likeness (QED) is 0.796. The summed E-state index contributed by atoms with van der Waals surface area (Å²) in [6, 6.07) is 0. The summed E-state index contributed by atoms with van der Waals surface area (Å²) in [5.74, 6) is 0.791. The Bertz CT molecular complexity index is 458. The number of nitrogens with two attached hydrogens (primary N) is 1.